The van der Waals surface area contributed by atoms with E-state index in [1.165, 1.54) is 6.33 Å². The molecule has 2 aromatic rings. The number of benzene rings is 1. The van der Waals surface area contributed by atoms with E-state index < -0.39 is 0 Å². The van der Waals surface area contributed by atoms with E-state index in [0.29, 0.717) is 17.1 Å². The van der Waals surface area contributed by atoms with E-state index in [-0.39, 0.29) is 12.2 Å². The molecule has 1 heterocycles. The summed E-state index contributed by atoms with van der Waals surface area (Å²) in [4.78, 5) is 16.1. The number of halogens is 1. The van der Waals surface area contributed by atoms with Gasteiger partial charge in [0.05, 0.1) is 18.0 Å². The molecule has 0 bridgehead atoms. The van der Waals surface area contributed by atoms with Crippen LogP contribution in [0.1, 0.15) is 16.2 Å². The molecule has 6 heteroatoms. The number of methoxy groups -OCH3 is 1. The molecular weight excluding hydrogens is 298 g/mol. The average Bonchev–Trinajstić information content (AvgIpc) is 2.75. The lowest BCUT2D eigenvalue weighted by Crippen LogP contribution is -2.09. The van der Waals surface area contributed by atoms with Crippen LogP contribution < -0.4 is 4.74 Å². The molecule has 0 unspecified atom stereocenters. The molecule has 18 heavy (non-hydrogen) atoms. The monoisotopic (exact) mass is 309 g/mol. The number of rotatable bonds is 4. The summed E-state index contributed by atoms with van der Waals surface area (Å²) in [7, 11) is 3.35. The van der Waals surface area contributed by atoms with E-state index in [1.807, 2.05) is 0 Å². The SMILES string of the molecule is COc1ccc(C(=O)Cc2ncnn2C)cc1Br. The van der Waals surface area contributed by atoms with Crippen molar-refractivity contribution in [1.82, 2.24) is 14.8 Å². The number of hydrogen-bond donors (Lipinski definition) is 0. The fourth-order valence-electron chi connectivity index (χ4n) is 1.57. The maximum absolute atomic E-state index is 12.1. The number of aryl methyl sites for hydroxylation is 1. The fourth-order valence-corrected chi connectivity index (χ4v) is 2.11. The number of hydrogen-bond acceptors (Lipinski definition) is 4. The van der Waals surface area contributed by atoms with Crippen LogP contribution in [0.4, 0.5) is 0 Å². The van der Waals surface area contributed by atoms with Crippen LogP contribution in [0.3, 0.4) is 0 Å². The van der Waals surface area contributed by atoms with Gasteiger partial charge < -0.3 is 4.74 Å². The number of ketones is 1. The molecular formula is C12H12BrN3O2. The fraction of sp³-hybridized carbons (Fsp3) is 0.250. The van der Waals surface area contributed by atoms with Crippen LogP contribution in [0.25, 0.3) is 0 Å². The summed E-state index contributed by atoms with van der Waals surface area (Å²) < 4.78 is 7.47. The lowest BCUT2D eigenvalue weighted by atomic mass is 10.1. The van der Waals surface area contributed by atoms with Crippen molar-refractivity contribution >= 4 is 21.7 Å². The van der Waals surface area contributed by atoms with Crippen molar-refractivity contribution in [3.63, 3.8) is 0 Å². The van der Waals surface area contributed by atoms with Crippen LogP contribution in [0.5, 0.6) is 5.75 Å². The second-order valence-electron chi connectivity index (χ2n) is 3.75. The van der Waals surface area contributed by atoms with Gasteiger partial charge in [0.15, 0.2) is 5.78 Å². The highest BCUT2D eigenvalue weighted by Crippen LogP contribution is 2.25. The lowest BCUT2D eigenvalue weighted by Gasteiger charge is -2.05. The number of aromatic nitrogens is 3. The molecule has 0 saturated carbocycles. The smallest absolute Gasteiger partial charge is 0.170 e. The highest BCUT2D eigenvalue weighted by molar-refractivity contribution is 9.10. The van der Waals surface area contributed by atoms with E-state index in [1.54, 1.807) is 37.0 Å². The van der Waals surface area contributed by atoms with Crippen LogP contribution in [0, 0.1) is 0 Å². The molecule has 94 valence electrons. The molecule has 0 aliphatic rings. The zero-order valence-electron chi connectivity index (χ0n) is 10.1. The van der Waals surface area contributed by atoms with Crippen molar-refractivity contribution in [3.8, 4) is 5.75 Å². The normalized spacial score (nSPS) is 10.4. The quantitative estimate of drug-likeness (QED) is 0.811. The topological polar surface area (TPSA) is 57.0 Å². The molecule has 1 aromatic heterocycles. The standard InChI is InChI=1S/C12H12BrN3O2/c1-16-12(14-7-15-16)6-10(17)8-3-4-11(18-2)9(13)5-8/h3-5,7H,6H2,1-2H3. The number of ether oxygens (including phenoxy) is 1. The molecule has 1 aromatic carbocycles. The third-order valence-electron chi connectivity index (χ3n) is 2.60. The lowest BCUT2D eigenvalue weighted by molar-refractivity contribution is 0.0989. The van der Waals surface area contributed by atoms with Gasteiger partial charge in [-0.25, -0.2) is 4.98 Å². The second-order valence-corrected chi connectivity index (χ2v) is 4.60. The van der Waals surface area contributed by atoms with Crippen LogP contribution >= 0.6 is 15.9 Å². The van der Waals surface area contributed by atoms with Gasteiger partial charge in [-0.2, -0.15) is 5.10 Å². The Kier molecular flexibility index (Phi) is 3.76. The summed E-state index contributed by atoms with van der Waals surface area (Å²) in [6.07, 6.45) is 1.67. The Balaban J connectivity index is 2.19. The minimum absolute atomic E-state index is 0.00514. The average molecular weight is 310 g/mol. The molecule has 0 atom stereocenters. The second kappa shape index (κ2) is 5.30. The molecule has 0 aliphatic carbocycles. The molecule has 0 saturated heterocycles. The van der Waals surface area contributed by atoms with Gasteiger partial charge in [0, 0.05) is 12.6 Å². The van der Waals surface area contributed by atoms with Crippen molar-refractivity contribution in [2.24, 2.45) is 7.05 Å². The Morgan fingerprint density at radius 3 is 2.83 bits per heavy atom. The summed E-state index contributed by atoms with van der Waals surface area (Å²) in [6, 6.07) is 5.24. The van der Waals surface area contributed by atoms with Gasteiger partial charge in [-0.15, -0.1) is 0 Å². The third kappa shape index (κ3) is 2.59. The van der Waals surface area contributed by atoms with E-state index in [2.05, 4.69) is 26.0 Å². The Morgan fingerprint density at radius 2 is 2.28 bits per heavy atom. The Hall–Kier alpha value is -1.69. The molecule has 0 spiro atoms. The zero-order chi connectivity index (χ0) is 13.1. The van der Waals surface area contributed by atoms with Crippen molar-refractivity contribution in [2.75, 3.05) is 7.11 Å². The predicted octanol–water partition coefficient (Wildman–Crippen LogP) is 2.01. The first-order valence-electron chi connectivity index (χ1n) is 5.31. The molecule has 0 N–H and O–H groups in total. The minimum Gasteiger partial charge on any atom is -0.496 e. The van der Waals surface area contributed by atoms with Crippen LogP contribution in [0.2, 0.25) is 0 Å². The van der Waals surface area contributed by atoms with Crippen molar-refractivity contribution in [2.45, 2.75) is 6.42 Å². The van der Waals surface area contributed by atoms with Crippen molar-refractivity contribution in [3.05, 3.63) is 40.4 Å². The Labute approximate surface area is 113 Å². The number of carbonyl (C=O) groups is 1. The molecule has 5 nitrogen and oxygen atoms in total. The summed E-state index contributed by atoms with van der Waals surface area (Å²) in [5, 5.41) is 3.93. The zero-order valence-corrected chi connectivity index (χ0v) is 11.6. The van der Waals surface area contributed by atoms with Crippen molar-refractivity contribution in [1.29, 1.82) is 0 Å². The van der Waals surface area contributed by atoms with E-state index >= 15 is 0 Å². The van der Waals surface area contributed by atoms with E-state index in [9.17, 15) is 4.79 Å². The maximum Gasteiger partial charge on any atom is 0.170 e. The summed E-state index contributed by atoms with van der Waals surface area (Å²) in [5.74, 6) is 1.34. The number of carbonyl (C=O) groups excluding carboxylic acids is 1. The molecule has 0 radical (unpaired) electrons. The first kappa shape index (κ1) is 12.8. The van der Waals surface area contributed by atoms with Gasteiger partial charge in [-0.1, -0.05) is 0 Å². The Morgan fingerprint density at radius 1 is 1.50 bits per heavy atom. The van der Waals surface area contributed by atoms with Gasteiger partial charge in [-0.3, -0.25) is 9.48 Å². The molecule has 0 aliphatic heterocycles. The predicted molar refractivity (Wildman–Crippen MR) is 69.7 cm³/mol. The first-order chi connectivity index (χ1) is 8.61. The van der Waals surface area contributed by atoms with Gasteiger partial charge in [0.25, 0.3) is 0 Å². The number of nitrogens with zero attached hydrogens (tertiary/aromatic N) is 3. The largest absolute Gasteiger partial charge is 0.496 e. The van der Waals surface area contributed by atoms with Crippen LogP contribution in [0.15, 0.2) is 29.0 Å². The van der Waals surface area contributed by atoms with E-state index in [4.69, 9.17) is 4.74 Å². The first-order valence-corrected chi connectivity index (χ1v) is 6.10. The van der Waals surface area contributed by atoms with Crippen molar-refractivity contribution < 1.29 is 9.53 Å². The summed E-state index contributed by atoms with van der Waals surface area (Å²) >= 11 is 3.36. The highest BCUT2D eigenvalue weighted by Gasteiger charge is 2.12. The third-order valence-corrected chi connectivity index (χ3v) is 3.22. The summed E-state index contributed by atoms with van der Waals surface area (Å²) in [6.45, 7) is 0. The maximum atomic E-state index is 12.1. The molecule has 2 rings (SSSR count). The molecule has 0 fully saturated rings. The molecule has 0 amide bonds. The van der Waals surface area contributed by atoms with Gasteiger partial charge >= 0.3 is 0 Å². The summed E-state index contributed by atoms with van der Waals surface area (Å²) in [5.41, 5.74) is 0.616. The number of Topliss-reactive ketones (excluding diaryl/α,β-unsaturated/α-hetero) is 1. The Bertz CT molecular complexity index is 580. The van der Waals surface area contributed by atoms with Gasteiger partial charge in [-0.05, 0) is 34.1 Å². The van der Waals surface area contributed by atoms with Gasteiger partial charge in [0.2, 0.25) is 0 Å². The highest BCUT2D eigenvalue weighted by atomic mass is 79.9. The van der Waals surface area contributed by atoms with Crippen LogP contribution in [-0.2, 0) is 13.5 Å². The van der Waals surface area contributed by atoms with Crippen LogP contribution in [-0.4, -0.2) is 27.7 Å². The van der Waals surface area contributed by atoms with E-state index in [0.717, 1.165) is 4.47 Å². The van der Waals surface area contributed by atoms with Gasteiger partial charge in [0.1, 0.15) is 17.9 Å². The minimum atomic E-state index is -0.00514.